The Hall–Kier alpha value is -2.95. The van der Waals surface area contributed by atoms with Gasteiger partial charge in [-0.2, -0.15) is 0 Å². The minimum Gasteiger partial charge on any atom is -0.346 e. The van der Waals surface area contributed by atoms with Gasteiger partial charge in [0.05, 0.1) is 6.42 Å². The lowest BCUT2D eigenvalue weighted by molar-refractivity contribution is -0.131. The van der Waals surface area contributed by atoms with Crippen LogP contribution in [0.25, 0.3) is 11.0 Å². The second-order valence-corrected chi connectivity index (χ2v) is 6.77. The van der Waals surface area contributed by atoms with E-state index in [1.54, 1.807) is 6.20 Å². The highest BCUT2D eigenvalue weighted by Crippen LogP contribution is 2.24. The summed E-state index contributed by atoms with van der Waals surface area (Å²) in [6, 6.07) is 13.2. The van der Waals surface area contributed by atoms with Crippen molar-refractivity contribution >= 4 is 22.7 Å². The Labute approximate surface area is 152 Å². The molecule has 1 unspecified atom stereocenters. The van der Waals surface area contributed by atoms with Crippen LogP contribution < -0.4 is 0 Å². The zero-order chi connectivity index (χ0) is 17.9. The fraction of sp³-hybridized carbons (Fsp3) is 0.286. The molecule has 26 heavy (non-hydrogen) atoms. The molecule has 2 aromatic heterocycles. The minimum atomic E-state index is -0.00135. The van der Waals surface area contributed by atoms with Gasteiger partial charge >= 0.3 is 0 Å². The first-order valence-electron chi connectivity index (χ1n) is 9.01. The van der Waals surface area contributed by atoms with Crippen molar-refractivity contribution in [3.05, 3.63) is 66.0 Å². The Morgan fingerprint density at radius 3 is 2.85 bits per heavy atom. The lowest BCUT2D eigenvalue weighted by Gasteiger charge is -2.24. The first kappa shape index (κ1) is 16.5. The van der Waals surface area contributed by atoms with Crippen LogP contribution in [0.2, 0.25) is 0 Å². The lowest BCUT2D eigenvalue weighted by Crippen LogP contribution is -2.37. The summed E-state index contributed by atoms with van der Waals surface area (Å²) in [7, 11) is 0. The Bertz CT molecular complexity index is 933. The highest BCUT2D eigenvalue weighted by molar-refractivity contribution is 5.97. The molecule has 0 radical (unpaired) electrons. The number of Topliss-reactive ketones (excluding diaryl/α,β-unsaturated/α-hetero) is 1. The predicted molar refractivity (Wildman–Crippen MR) is 99.9 cm³/mol. The van der Waals surface area contributed by atoms with Crippen molar-refractivity contribution in [1.29, 1.82) is 0 Å². The van der Waals surface area contributed by atoms with Crippen molar-refractivity contribution in [2.45, 2.75) is 31.7 Å². The van der Waals surface area contributed by atoms with Gasteiger partial charge in [0, 0.05) is 42.4 Å². The highest BCUT2D eigenvalue weighted by Gasteiger charge is 2.30. The van der Waals surface area contributed by atoms with Gasteiger partial charge in [-0.1, -0.05) is 30.3 Å². The number of hydrogen-bond acceptors (Lipinski definition) is 3. The van der Waals surface area contributed by atoms with Gasteiger partial charge in [0.1, 0.15) is 5.65 Å². The third-order valence-electron chi connectivity index (χ3n) is 5.09. The molecule has 1 fully saturated rings. The van der Waals surface area contributed by atoms with Crippen LogP contribution in [-0.2, 0) is 11.2 Å². The van der Waals surface area contributed by atoms with E-state index in [9.17, 15) is 9.59 Å². The van der Waals surface area contributed by atoms with Crippen molar-refractivity contribution < 1.29 is 9.59 Å². The Morgan fingerprint density at radius 2 is 2.00 bits per heavy atom. The molecule has 132 valence electrons. The molecule has 4 rings (SSSR count). The monoisotopic (exact) mass is 347 g/mol. The molecule has 0 saturated carbocycles. The van der Waals surface area contributed by atoms with E-state index >= 15 is 0 Å². The third kappa shape index (κ3) is 3.25. The number of aromatic amines is 1. The normalized spacial score (nSPS) is 16.9. The number of amides is 1. The van der Waals surface area contributed by atoms with Gasteiger partial charge in [0.2, 0.25) is 5.91 Å². The number of aromatic nitrogens is 2. The fourth-order valence-corrected chi connectivity index (χ4v) is 3.76. The summed E-state index contributed by atoms with van der Waals surface area (Å²) in [5, 5.41) is 0.983. The SMILES string of the molecule is O=C(CC1CCCN1C(=O)Cc1c[nH]c2ncccc12)c1ccccc1. The van der Waals surface area contributed by atoms with Gasteiger partial charge < -0.3 is 9.88 Å². The van der Waals surface area contributed by atoms with Crippen LogP contribution in [0.1, 0.15) is 35.2 Å². The molecule has 1 aliphatic rings. The molecule has 5 nitrogen and oxygen atoms in total. The molecule has 3 heterocycles. The summed E-state index contributed by atoms with van der Waals surface area (Å²) in [6.45, 7) is 0.728. The number of fused-ring (bicyclic) bond motifs is 1. The molecule has 1 aromatic carbocycles. The number of pyridine rings is 1. The van der Waals surface area contributed by atoms with Gasteiger partial charge in [-0.3, -0.25) is 9.59 Å². The summed E-state index contributed by atoms with van der Waals surface area (Å²) in [5.74, 6) is 0.185. The van der Waals surface area contributed by atoms with Crippen LogP contribution in [0.3, 0.4) is 0 Å². The second-order valence-electron chi connectivity index (χ2n) is 6.77. The van der Waals surface area contributed by atoms with Crippen molar-refractivity contribution in [1.82, 2.24) is 14.9 Å². The largest absolute Gasteiger partial charge is 0.346 e. The van der Waals surface area contributed by atoms with Crippen LogP contribution in [0, 0.1) is 0 Å². The van der Waals surface area contributed by atoms with Crippen molar-refractivity contribution in [2.75, 3.05) is 6.54 Å². The average molecular weight is 347 g/mol. The quantitative estimate of drug-likeness (QED) is 0.720. The maximum atomic E-state index is 12.9. The first-order chi connectivity index (χ1) is 12.7. The van der Waals surface area contributed by atoms with Crippen molar-refractivity contribution in [3.8, 4) is 0 Å². The Kier molecular flexibility index (Phi) is 4.52. The number of nitrogens with zero attached hydrogens (tertiary/aromatic N) is 2. The van der Waals surface area contributed by atoms with Crippen LogP contribution in [0.15, 0.2) is 54.9 Å². The maximum absolute atomic E-state index is 12.9. The molecule has 0 aliphatic carbocycles. The standard InChI is InChI=1S/C21H21N3O2/c25-19(15-6-2-1-3-7-15)13-17-8-5-11-24(17)20(26)12-16-14-23-21-18(16)9-4-10-22-21/h1-4,6-7,9-10,14,17H,5,8,11-13H2,(H,22,23). The number of rotatable bonds is 5. The topological polar surface area (TPSA) is 66.1 Å². The Morgan fingerprint density at radius 1 is 1.15 bits per heavy atom. The van der Waals surface area contributed by atoms with Crippen molar-refractivity contribution in [3.63, 3.8) is 0 Å². The van der Waals surface area contributed by atoms with Crippen LogP contribution >= 0.6 is 0 Å². The number of carbonyl (C=O) groups excluding carboxylic acids is 2. The number of hydrogen-bond donors (Lipinski definition) is 1. The number of ketones is 1. The van der Waals surface area contributed by atoms with E-state index in [0.717, 1.165) is 41.5 Å². The van der Waals surface area contributed by atoms with Crippen molar-refractivity contribution in [2.24, 2.45) is 0 Å². The zero-order valence-electron chi connectivity index (χ0n) is 14.5. The molecular weight excluding hydrogens is 326 g/mol. The third-order valence-corrected chi connectivity index (χ3v) is 5.09. The molecule has 1 aliphatic heterocycles. The van der Waals surface area contributed by atoms with Gasteiger partial charge in [-0.25, -0.2) is 4.98 Å². The predicted octanol–water partition coefficient (Wildman–Crippen LogP) is 3.37. The molecule has 0 bridgehead atoms. The van der Waals surface area contributed by atoms with E-state index in [0.29, 0.717) is 12.8 Å². The lowest BCUT2D eigenvalue weighted by atomic mass is 10.0. The molecule has 1 saturated heterocycles. The number of benzene rings is 1. The van der Waals surface area contributed by atoms with E-state index in [1.807, 2.05) is 53.6 Å². The summed E-state index contributed by atoms with van der Waals surface area (Å²) >= 11 is 0. The zero-order valence-corrected chi connectivity index (χ0v) is 14.5. The van der Waals surface area contributed by atoms with Crippen LogP contribution in [0.5, 0.6) is 0 Å². The second kappa shape index (κ2) is 7.12. The number of nitrogens with one attached hydrogen (secondary N) is 1. The molecular formula is C21H21N3O2. The smallest absolute Gasteiger partial charge is 0.227 e. The van der Waals surface area contributed by atoms with E-state index in [4.69, 9.17) is 0 Å². The van der Waals surface area contributed by atoms with Gasteiger partial charge in [0.25, 0.3) is 0 Å². The number of likely N-dealkylation sites (tertiary alicyclic amines) is 1. The Balaban J connectivity index is 1.46. The van der Waals surface area contributed by atoms with E-state index in [-0.39, 0.29) is 17.7 Å². The molecule has 3 aromatic rings. The van der Waals surface area contributed by atoms with Crippen LogP contribution in [0.4, 0.5) is 0 Å². The van der Waals surface area contributed by atoms with Gasteiger partial charge in [-0.05, 0) is 30.5 Å². The van der Waals surface area contributed by atoms with E-state index in [1.165, 1.54) is 0 Å². The van der Waals surface area contributed by atoms with Gasteiger partial charge in [0.15, 0.2) is 5.78 Å². The molecule has 1 N–H and O–H groups in total. The molecule has 5 heteroatoms. The summed E-state index contributed by atoms with van der Waals surface area (Å²) < 4.78 is 0. The minimum absolute atomic E-state index is 0.00135. The molecule has 0 spiro atoms. The summed E-state index contributed by atoms with van der Waals surface area (Å²) in [5.41, 5.74) is 2.47. The maximum Gasteiger partial charge on any atom is 0.227 e. The summed E-state index contributed by atoms with van der Waals surface area (Å²) in [6.07, 6.45) is 6.16. The summed E-state index contributed by atoms with van der Waals surface area (Å²) in [4.78, 5) is 34.6. The number of carbonyl (C=O) groups is 2. The number of H-pyrrole nitrogens is 1. The van der Waals surface area contributed by atoms with E-state index < -0.39 is 0 Å². The van der Waals surface area contributed by atoms with Gasteiger partial charge in [-0.15, -0.1) is 0 Å². The fourth-order valence-electron chi connectivity index (χ4n) is 3.76. The molecule has 1 atom stereocenters. The molecule has 1 amide bonds. The first-order valence-corrected chi connectivity index (χ1v) is 9.01. The van der Waals surface area contributed by atoms with Crippen LogP contribution in [-0.4, -0.2) is 39.1 Å². The average Bonchev–Trinajstić information content (AvgIpc) is 3.30. The van der Waals surface area contributed by atoms with E-state index in [2.05, 4.69) is 9.97 Å². The highest BCUT2D eigenvalue weighted by atomic mass is 16.2.